The van der Waals surface area contributed by atoms with E-state index in [4.69, 9.17) is 11.6 Å². The van der Waals surface area contributed by atoms with Crippen molar-refractivity contribution < 1.29 is 8.42 Å². The SMILES string of the molecule is Cn1nnc(Br)c1S(=O)(=O)NC1(CCl)CC1. The van der Waals surface area contributed by atoms with E-state index >= 15 is 0 Å². The van der Waals surface area contributed by atoms with E-state index in [-0.39, 0.29) is 15.5 Å². The summed E-state index contributed by atoms with van der Waals surface area (Å²) in [7, 11) is -2.11. The lowest BCUT2D eigenvalue weighted by Gasteiger charge is -2.13. The Balaban J connectivity index is 2.33. The van der Waals surface area contributed by atoms with Crippen LogP contribution in [0.4, 0.5) is 0 Å². The smallest absolute Gasteiger partial charge is 0.235 e. The molecule has 1 heterocycles. The summed E-state index contributed by atoms with van der Waals surface area (Å²) in [6.45, 7) is 0. The molecule has 0 spiro atoms. The fourth-order valence-corrected chi connectivity index (χ4v) is 4.33. The zero-order valence-corrected chi connectivity index (χ0v) is 11.6. The molecule has 1 aromatic rings. The van der Waals surface area contributed by atoms with Gasteiger partial charge in [-0.2, -0.15) is 0 Å². The molecule has 1 aromatic heterocycles. The molecular formula is C7H10BrClN4O2S. The third-order valence-corrected chi connectivity index (χ3v) is 5.43. The molecule has 0 bridgehead atoms. The maximum Gasteiger partial charge on any atom is 0.261 e. The molecule has 2 rings (SSSR count). The molecule has 6 nitrogen and oxygen atoms in total. The minimum absolute atomic E-state index is 0.0175. The molecular weight excluding hydrogens is 320 g/mol. The van der Waals surface area contributed by atoms with Gasteiger partial charge in [-0.15, -0.1) is 16.7 Å². The summed E-state index contributed by atoms with van der Waals surface area (Å²) in [5.74, 6) is 0.273. The number of alkyl halides is 1. The maximum absolute atomic E-state index is 12.0. The zero-order valence-electron chi connectivity index (χ0n) is 8.44. The van der Waals surface area contributed by atoms with E-state index in [1.165, 1.54) is 11.7 Å². The molecule has 1 aliphatic rings. The van der Waals surface area contributed by atoms with Gasteiger partial charge >= 0.3 is 0 Å². The van der Waals surface area contributed by atoms with Crippen LogP contribution in [0.25, 0.3) is 0 Å². The van der Waals surface area contributed by atoms with Gasteiger partial charge in [0.15, 0.2) is 4.60 Å². The van der Waals surface area contributed by atoms with Crippen molar-refractivity contribution in [3.63, 3.8) is 0 Å². The van der Waals surface area contributed by atoms with Crippen LogP contribution < -0.4 is 4.72 Å². The van der Waals surface area contributed by atoms with Gasteiger partial charge in [-0.05, 0) is 28.8 Å². The van der Waals surface area contributed by atoms with Gasteiger partial charge in [-0.25, -0.2) is 17.8 Å². The molecule has 0 saturated heterocycles. The van der Waals surface area contributed by atoms with E-state index in [1.54, 1.807) is 0 Å². The molecule has 90 valence electrons. The molecule has 0 atom stereocenters. The number of sulfonamides is 1. The first-order valence-corrected chi connectivity index (χ1v) is 7.36. The molecule has 1 saturated carbocycles. The van der Waals surface area contributed by atoms with E-state index < -0.39 is 15.6 Å². The zero-order chi connectivity index (χ0) is 12.0. The third kappa shape index (κ3) is 2.11. The Kier molecular flexibility index (Phi) is 3.02. The van der Waals surface area contributed by atoms with Crippen molar-refractivity contribution >= 4 is 37.6 Å². The van der Waals surface area contributed by atoms with E-state index in [0.29, 0.717) is 0 Å². The molecule has 9 heteroatoms. The van der Waals surface area contributed by atoms with Crippen molar-refractivity contribution in [1.29, 1.82) is 0 Å². The van der Waals surface area contributed by atoms with Gasteiger partial charge in [0.05, 0.1) is 0 Å². The highest BCUT2D eigenvalue weighted by Gasteiger charge is 2.46. The largest absolute Gasteiger partial charge is 0.261 e. The van der Waals surface area contributed by atoms with Gasteiger partial charge in [-0.3, -0.25) is 0 Å². The number of halogens is 2. The summed E-state index contributed by atoms with van der Waals surface area (Å²) >= 11 is 8.78. The van der Waals surface area contributed by atoms with E-state index in [9.17, 15) is 8.42 Å². The Morgan fingerprint density at radius 3 is 2.62 bits per heavy atom. The number of rotatable bonds is 4. The quantitative estimate of drug-likeness (QED) is 0.822. The van der Waals surface area contributed by atoms with Crippen LogP contribution in [0.15, 0.2) is 9.63 Å². The second-order valence-corrected chi connectivity index (χ2v) is 6.44. The summed E-state index contributed by atoms with van der Waals surface area (Å²) in [5, 5.41) is 7.28. The minimum Gasteiger partial charge on any atom is -0.235 e. The Labute approximate surface area is 107 Å². The fourth-order valence-electron chi connectivity index (χ4n) is 1.36. The summed E-state index contributed by atoms with van der Waals surface area (Å²) in [6, 6.07) is 0. The lowest BCUT2D eigenvalue weighted by atomic mass is 10.4. The van der Waals surface area contributed by atoms with Gasteiger partial charge < -0.3 is 0 Å². The molecule has 1 aliphatic carbocycles. The number of nitrogens with one attached hydrogen (secondary N) is 1. The van der Waals surface area contributed by atoms with Crippen molar-refractivity contribution in [3.05, 3.63) is 4.60 Å². The first-order valence-electron chi connectivity index (χ1n) is 4.55. The van der Waals surface area contributed by atoms with E-state index in [2.05, 4.69) is 31.0 Å². The highest BCUT2D eigenvalue weighted by molar-refractivity contribution is 9.10. The van der Waals surface area contributed by atoms with Crippen LogP contribution in [-0.4, -0.2) is 34.8 Å². The average molecular weight is 330 g/mol. The topological polar surface area (TPSA) is 76.9 Å². The molecule has 0 aliphatic heterocycles. The molecule has 1 N–H and O–H groups in total. The van der Waals surface area contributed by atoms with Crippen LogP contribution in [-0.2, 0) is 17.1 Å². The molecule has 0 amide bonds. The van der Waals surface area contributed by atoms with Crippen LogP contribution in [0, 0.1) is 0 Å². The van der Waals surface area contributed by atoms with Crippen LogP contribution in [0.5, 0.6) is 0 Å². The lowest BCUT2D eigenvalue weighted by molar-refractivity contribution is 0.541. The first-order chi connectivity index (χ1) is 7.40. The Hall–Kier alpha value is -0.180. The monoisotopic (exact) mass is 328 g/mol. The summed E-state index contributed by atoms with van der Waals surface area (Å²) < 4.78 is 28.1. The van der Waals surface area contributed by atoms with E-state index in [0.717, 1.165) is 12.8 Å². The minimum atomic E-state index is -3.63. The van der Waals surface area contributed by atoms with Gasteiger partial charge in [0, 0.05) is 18.5 Å². The molecule has 0 radical (unpaired) electrons. The second kappa shape index (κ2) is 3.94. The van der Waals surface area contributed by atoms with E-state index in [1.807, 2.05) is 0 Å². The van der Waals surface area contributed by atoms with Crippen molar-refractivity contribution in [3.8, 4) is 0 Å². The van der Waals surface area contributed by atoms with Gasteiger partial charge in [0.2, 0.25) is 5.03 Å². The average Bonchev–Trinajstić information content (AvgIpc) is 2.86. The second-order valence-electron chi connectivity index (χ2n) is 3.83. The Morgan fingerprint density at radius 2 is 2.25 bits per heavy atom. The first kappa shape index (κ1) is 12.3. The van der Waals surface area contributed by atoms with Gasteiger partial charge in [0.25, 0.3) is 10.0 Å². The fraction of sp³-hybridized carbons (Fsp3) is 0.714. The van der Waals surface area contributed by atoms with Crippen molar-refractivity contribution in [2.45, 2.75) is 23.4 Å². The number of nitrogens with zero attached hydrogens (tertiary/aromatic N) is 3. The summed E-state index contributed by atoms with van der Waals surface area (Å²) in [5.41, 5.74) is -0.482. The summed E-state index contributed by atoms with van der Waals surface area (Å²) in [6.07, 6.45) is 1.53. The Bertz CT molecular complexity index is 491. The lowest BCUT2D eigenvalue weighted by Crippen LogP contribution is -2.39. The third-order valence-electron chi connectivity index (χ3n) is 2.45. The van der Waals surface area contributed by atoms with Crippen molar-refractivity contribution in [2.24, 2.45) is 7.05 Å². The number of aryl methyl sites for hydroxylation is 1. The normalized spacial score (nSPS) is 18.7. The number of aromatic nitrogens is 3. The predicted molar refractivity (Wildman–Crippen MR) is 61.7 cm³/mol. The van der Waals surface area contributed by atoms with Gasteiger partial charge in [0.1, 0.15) is 0 Å². The highest BCUT2D eigenvalue weighted by Crippen LogP contribution is 2.38. The van der Waals surface area contributed by atoms with Gasteiger partial charge in [-0.1, -0.05) is 5.21 Å². The standard InChI is InChI=1S/C7H10BrClN4O2S/c1-13-6(5(8)10-12-13)16(14,15)11-7(4-9)2-3-7/h11H,2-4H2,1H3. The van der Waals surface area contributed by atoms with Crippen LogP contribution in [0.2, 0.25) is 0 Å². The number of hydrogen-bond donors (Lipinski definition) is 1. The molecule has 1 fully saturated rings. The molecule has 0 unspecified atom stereocenters. The predicted octanol–water partition coefficient (Wildman–Crippen LogP) is 0.627. The summed E-state index contributed by atoms with van der Waals surface area (Å²) in [4.78, 5) is 0. The van der Waals surface area contributed by atoms with Crippen LogP contribution in [0.3, 0.4) is 0 Å². The molecule has 16 heavy (non-hydrogen) atoms. The molecule has 0 aromatic carbocycles. The highest BCUT2D eigenvalue weighted by atomic mass is 79.9. The van der Waals surface area contributed by atoms with Crippen molar-refractivity contribution in [1.82, 2.24) is 19.7 Å². The Morgan fingerprint density at radius 1 is 1.62 bits per heavy atom. The number of hydrogen-bond acceptors (Lipinski definition) is 4. The maximum atomic E-state index is 12.0. The van der Waals surface area contributed by atoms with Crippen LogP contribution in [0.1, 0.15) is 12.8 Å². The van der Waals surface area contributed by atoms with Crippen LogP contribution >= 0.6 is 27.5 Å². The van der Waals surface area contributed by atoms with Crippen molar-refractivity contribution in [2.75, 3.05) is 5.88 Å².